The van der Waals surface area contributed by atoms with Crippen LogP contribution in [0.15, 0.2) is 24.4 Å². The number of morpholine rings is 1. The van der Waals surface area contributed by atoms with Gasteiger partial charge >= 0.3 is 0 Å². The van der Waals surface area contributed by atoms with E-state index in [1.54, 1.807) is 16.8 Å². The zero-order valence-corrected chi connectivity index (χ0v) is 15.3. The Balaban J connectivity index is 1.66. The van der Waals surface area contributed by atoms with E-state index in [-0.39, 0.29) is 0 Å². The molecule has 3 rings (SSSR count). The highest BCUT2D eigenvalue weighted by atomic mass is 35.5. The number of nitrogens with zero attached hydrogens (tertiary/aromatic N) is 4. The van der Waals surface area contributed by atoms with Crippen LogP contribution < -0.4 is 0 Å². The molecular formula is C17H22Cl2N4O. The Morgan fingerprint density at radius 3 is 2.71 bits per heavy atom. The minimum atomic E-state index is 0.407. The monoisotopic (exact) mass is 368 g/mol. The van der Waals surface area contributed by atoms with Crippen molar-refractivity contribution in [2.75, 3.05) is 32.8 Å². The molecule has 1 aliphatic heterocycles. The van der Waals surface area contributed by atoms with Crippen LogP contribution in [0.25, 0.3) is 5.69 Å². The third kappa shape index (κ3) is 4.28. The van der Waals surface area contributed by atoms with Crippen LogP contribution in [0.5, 0.6) is 0 Å². The van der Waals surface area contributed by atoms with Crippen molar-refractivity contribution in [1.82, 2.24) is 19.9 Å². The first-order chi connectivity index (χ1) is 11.7. The maximum Gasteiger partial charge on any atom is 0.0863 e. The van der Waals surface area contributed by atoms with Crippen LogP contribution in [-0.2, 0) is 4.74 Å². The summed E-state index contributed by atoms with van der Waals surface area (Å²) in [6, 6.07) is 5.47. The molecule has 1 aromatic carbocycles. The van der Waals surface area contributed by atoms with Gasteiger partial charge in [0.1, 0.15) is 0 Å². The van der Waals surface area contributed by atoms with Gasteiger partial charge in [0.25, 0.3) is 0 Å². The van der Waals surface area contributed by atoms with Gasteiger partial charge in [0.2, 0.25) is 0 Å². The molecule has 1 fully saturated rings. The molecule has 130 valence electrons. The molecule has 1 aliphatic rings. The molecule has 0 radical (unpaired) electrons. The molecule has 2 heterocycles. The highest BCUT2D eigenvalue weighted by molar-refractivity contribution is 6.42. The lowest BCUT2D eigenvalue weighted by Gasteiger charge is -2.27. The van der Waals surface area contributed by atoms with Gasteiger partial charge in [0.05, 0.1) is 40.8 Å². The van der Waals surface area contributed by atoms with Crippen molar-refractivity contribution < 1.29 is 4.74 Å². The van der Waals surface area contributed by atoms with Gasteiger partial charge < -0.3 is 4.74 Å². The molecule has 1 unspecified atom stereocenters. The first kappa shape index (κ1) is 17.7. The van der Waals surface area contributed by atoms with Crippen LogP contribution >= 0.6 is 23.2 Å². The van der Waals surface area contributed by atoms with E-state index in [4.69, 9.17) is 27.9 Å². The van der Waals surface area contributed by atoms with Gasteiger partial charge in [-0.2, -0.15) is 0 Å². The van der Waals surface area contributed by atoms with Gasteiger partial charge in [-0.3, -0.25) is 4.90 Å². The van der Waals surface area contributed by atoms with E-state index in [2.05, 4.69) is 22.1 Å². The third-order valence-corrected chi connectivity index (χ3v) is 5.23. The molecule has 2 aromatic rings. The lowest BCUT2D eigenvalue weighted by atomic mass is 9.99. The Kier molecular flexibility index (Phi) is 6.11. The Bertz CT molecular complexity index is 670. The van der Waals surface area contributed by atoms with Crippen molar-refractivity contribution in [3.8, 4) is 5.69 Å². The summed E-state index contributed by atoms with van der Waals surface area (Å²) in [4.78, 5) is 2.45. The highest BCUT2D eigenvalue weighted by Gasteiger charge is 2.17. The Labute approximate surface area is 152 Å². The first-order valence-corrected chi connectivity index (χ1v) is 9.10. The molecule has 0 aliphatic carbocycles. The van der Waals surface area contributed by atoms with Gasteiger partial charge in [-0.1, -0.05) is 35.3 Å². The lowest BCUT2D eigenvalue weighted by Crippen LogP contribution is -2.37. The van der Waals surface area contributed by atoms with E-state index >= 15 is 0 Å². The Hall–Kier alpha value is -1.14. The lowest BCUT2D eigenvalue weighted by molar-refractivity contribution is 0.0364. The van der Waals surface area contributed by atoms with Crippen LogP contribution in [0.3, 0.4) is 0 Å². The van der Waals surface area contributed by atoms with Crippen molar-refractivity contribution >= 4 is 23.2 Å². The number of ether oxygens (including phenoxy) is 1. The van der Waals surface area contributed by atoms with Crippen LogP contribution in [0, 0.1) is 0 Å². The van der Waals surface area contributed by atoms with Gasteiger partial charge in [-0.15, -0.1) is 5.10 Å². The number of rotatable bonds is 6. The zero-order valence-electron chi connectivity index (χ0n) is 13.8. The topological polar surface area (TPSA) is 43.2 Å². The second kappa shape index (κ2) is 8.30. The molecule has 1 atom stereocenters. The smallest absolute Gasteiger partial charge is 0.0863 e. The Morgan fingerprint density at radius 1 is 1.21 bits per heavy atom. The minimum absolute atomic E-state index is 0.407. The summed E-state index contributed by atoms with van der Waals surface area (Å²) in [5, 5.41) is 9.68. The zero-order chi connectivity index (χ0) is 16.9. The molecule has 7 heteroatoms. The number of benzene rings is 1. The number of aromatic nitrogens is 3. The summed E-state index contributed by atoms with van der Waals surface area (Å²) >= 11 is 12.1. The summed E-state index contributed by atoms with van der Waals surface area (Å²) in [6.07, 6.45) is 4.12. The second-order valence-electron chi connectivity index (χ2n) is 6.03. The van der Waals surface area contributed by atoms with Gasteiger partial charge in [0, 0.05) is 19.0 Å². The van der Waals surface area contributed by atoms with E-state index in [0.29, 0.717) is 16.0 Å². The van der Waals surface area contributed by atoms with E-state index in [9.17, 15) is 0 Å². The van der Waals surface area contributed by atoms with E-state index in [1.165, 1.54) is 0 Å². The van der Waals surface area contributed by atoms with Crippen LogP contribution in [0.2, 0.25) is 10.0 Å². The Morgan fingerprint density at radius 2 is 2.00 bits per heavy atom. The fraction of sp³-hybridized carbons (Fsp3) is 0.529. The van der Waals surface area contributed by atoms with Crippen molar-refractivity contribution in [2.45, 2.75) is 25.7 Å². The SMILES string of the molecule is CCC(CCN1CCOCC1)c1cn(-c2ccc(Cl)c(Cl)c2)nn1. The van der Waals surface area contributed by atoms with Crippen molar-refractivity contribution in [2.24, 2.45) is 0 Å². The summed E-state index contributed by atoms with van der Waals surface area (Å²) in [5.41, 5.74) is 1.89. The third-order valence-electron chi connectivity index (χ3n) is 4.49. The molecule has 0 bridgehead atoms. The first-order valence-electron chi connectivity index (χ1n) is 8.35. The standard InChI is InChI=1S/C17H22Cl2N4O/c1-2-13(5-6-22-7-9-24-10-8-22)17-12-23(21-20-17)14-3-4-15(18)16(19)11-14/h3-4,11-13H,2,5-10H2,1H3. The maximum absolute atomic E-state index is 6.09. The van der Waals surface area contributed by atoms with Crippen molar-refractivity contribution in [3.05, 3.63) is 40.1 Å². The van der Waals surface area contributed by atoms with Crippen LogP contribution in [0.4, 0.5) is 0 Å². The molecule has 0 saturated carbocycles. The summed E-state index contributed by atoms with van der Waals surface area (Å²) in [6.45, 7) is 6.98. The minimum Gasteiger partial charge on any atom is -0.379 e. The number of hydrogen-bond acceptors (Lipinski definition) is 4. The van der Waals surface area contributed by atoms with Crippen molar-refractivity contribution in [3.63, 3.8) is 0 Å². The van der Waals surface area contributed by atoms with Gasteiger partial charge in [-0.05, 0) is 37.6 Å². The normalized spacial score (nSPS) is 17.1. The molecule has 0 amide bonds. The second-order valence-corrected chi connectivity index (χ2v) is 6.85. The predicted octanol–water partition coefficient (Wildman–Crippen LogP) is 3.79. The fourth-order valence-corrected chi connectivity index (χ4v) is 3.23. The largest absolute Gasteiger partial charge is 0.379 e. The summed E-state index contributed by atoms with van der Waals surface area (Å²) < 4.78 is 7.16. The summed E-state index contributed by atoms with van der Waals surface area (Å²) in [7, 11) is 0. The molecular weight excluding hydrogens is 347 g/mol. The quantitative estimate of drug-likeness (QED) is 0.777. The molecule has 0 spiro atoms. The highest BCUT2D eigenvalue weighted by Crippen LogP contribution is 2.26. The molecule has 5 nitrogen and oxygen atoms in total. The van der Waals surface area contributed by atoms with E-state index in [1.807, 2.05) is 12.3 Å². The summed E-state index contributed by atoms with van der Waals surface area (Å²) in [5.74, 6) is 0.407. The van der Waals surface area contributed by atoms with Gasteiger partial charge in [-0.25, -0.2) is 4.68 Å². The molecule has 1 aromatic heterocycles. The van der Waals surface area contributed by atoms with E-state index in [0.717, 1.165) is 57.1 Å². The average molecular weight is 369 g/mol. The number of halogens is 2. The van der Waals surface area contributed by atoms with Crippen LogP contribution in [0.1, 0.15) is 31.4 Å². The fourth-order valence-electron chi connectivity index (χ4n) is 2.94. The number of hydrogen-bond donors (Lipinski definition) is 0. The van der Waals surface area contributed by atoms with Crippen molar-refractivity contribution in [1.29, 1.82) is 0 Å². The van der Waals surface area contributed by atoms with Crippen LogP contribution in [-0.4, -0.2) is 52.7 Å². The molecule has 0 N–H and O–H groups in total. The molecule has 1 saturated heterocycles. The maximum atomic E-state index is 6.09. The average Bonchev–Trinajstić information content (AvgIpc) is 3.09. The van der Waals surface area contributed by atoms with E-state index < -0.39 is 0 Å². The molecule has 24 heavy (non-hydrogen) atoms. The van der Waals surface area contributed by atoms with Gasteiger partial charge in [0.15, 0.2) is 0 Å². The predicted molar refractivity (Wildman–Crippen MR) is 96.3 cm³/mol.